The number of nitrogens with two attached hydrogens (primary N) is 1. The summed E-state index contributed by atoms with van der Waals surface area (Å²) in [7, 11) is 0. The van der Waals surface area contributed by atoms with Crippen LogP contribution in [-0.2, 0) is 6.54 Å². The molecular weight excluding hydrogens is 246 g/mol. The first-order valence-electron chi connectivity index (χ1n) is 6.54. The van der Waals surface area contributed by atoms with E-state index in [-0.39, 0.29) is 0 Å². The van der Waals surface area contributed by atoms with E-state index < -0.39 is 0 Å². The summed E-state index contributed by atoms with van der Waals surface area (Å²) in [5.74, 6) is 0. The van der Waals surface area contributed by atoms with Gasteiger partial charge in [0.2, 0.25) is 0 Å². The van der Waals surface area contributed by atoms with Gasteiger partial charge in [0.1, 0.15) is 0 Å². The normalized spacial score (nSPS) is 10.4. The third-order valence-electron chi connectivity index (χ3n) is 3.23. The number of hydrogen-bond acceptors (Lipinski definition) is 3. The molecular formula is C17H15N3. The molecule has 0 spiro atoms. The topological polar surface area (TPSA) is 51.8 Å². The Bertz CT molecular complexity index is 691. The summed E-state index contributed by atoms with van der Waals surface area (Å²) >= 11 is 0. The summed E-state index contributed by atoms with van der Waals surface area (Å²) in [5.41, 5.74) is 10.8. The number of hydrogen-bond donors (Lipinski definition) is 1. The standard InChI is InChI=1S/C17H15N3/c18-12-16-17(20-11-10-19-16)15-8-6-14(7-9-15)13-4-2-1-3-5-13/h1-11H,12,18H2. The third kappa shape index (κ3) is 2.44. The molecule has 98 valence electrons. The summed E-state index contributed by atoms with van der Waals surface area (Å²) in [5, 5.41) is 0. The number of rotatable bonds is 3. The van der Waals surface area contributed by atoms with Gasteiger partial charge in [0, 0.05) is 24.5 Å². The van der Waals surface area contributed by atoms with E-state index >= 15 is 0 Å². The Morgan fingerprint density at radius 1 is 0.700 bits per heavy atom. The maximum absolute atomic E-state index is 5.71. The van der Waals surface area contributed by atoms with Gasteiger partial charge in [-0.15, -0.1) is 0 Å². The number of aromatic nitrogens is 2. The Hall–Kier alpha value is -2.52. The quantitative estimate of drug-likeness (QED) is 0.787. The average Bonchev–Trinajstić information content (AvgIpc) is 2.56. The van der Waals surface area contributed by atoms with Gasteiger partial charge in [0.25, 0.3) is 0 Å². The van der Waals surface area contributed by atoms with E-state index in [1.54, 1.807) is 12.4 Å². The zero-order valence-electron chi connectivity index (χ0n) is 11.0. The van der Waals surface area contributed by atoms with Crippen molar-refractivity contribution in [1.29, 1.82) is 0 Å². The number of benzene rings is 2. The molecule has 0 aliphatic heterocycles. The Morgan fingerprint density at radius 3 is 2.00 bits per heavy atom. The first kappa shape index (κ1) is 12.5. The predicted octanol–water partition coefficient (Wildman–Crippen LogP) is 3.27. The van der Waals surface area contributed by atoms with Gasteiger partial charge >= 0.3 is 0 Å². The second-order valence-electron chi connectivity index (χ2n) is 4.50. The van der Waals surface area contributed by atoms with Crippen LogP contribution in [0.2, 0.25) is 0 Å². The van der Waals surface area contributed by atoms with Crippen LogP contribution in [0.3, 0.4) is 0 Å². The van der Waals surface area contributed by atoms with Gasteiger partial charge in [-0.2, -0.15) is 0 Å². The Balaban J connectivity index is 1.98. The zero-order valence-corrected chi connectivity index (χ0v) is 11.0. The van der Waals surface area contributed by atoms with Gasteiger partial charge in [-0.25, -0.2) is 0 Å². The Morgan fingerprint density at radius 2 is 1.30 bits per heavy atom. The molecule has 20 heavy (non-hydrogen) atoms. The maximum atomic E-state index is 5.71. The van der Waals surface area contributed by atoms with Crippen molar-refractivity contribution in [3.05, 3.63) is 72.7 Å². The highest BCUT2D eigenvalue weighted by Gasteiger charge is 2.06. The molecule has 0 unspecified atom stereocenters. The molecule has 1 heterocycles. The van der Waals surface area contributed by atoms with Crippen molar-refractivity contribution in [3.8, 4) is 22.4 Å². The van der Waals surface area contributed by atoms with Gasteiger partial charge in [-0.05, 0) is 11.1 Å². The van der Waals surface area contributed by atoms with E-state index in [0.29, 0.717) is 6.54 Å². The molecule has 3 rings (SSSR count). The van der Waals surface area contributed by atoms with E-state index in [1.165, 1.54) is 11.1 Å². The molecule has 2 aromatic carbocycles. The van der Waals surface area contributed by atoms with Crippen LogP contribution in [0.25, 0.3) is 22.4 Å². The van der Waals surface area contributed by atoms with Crippen LogP contribution >= 0.6 is 0 Å². The molecule has 3 aromatic rings. The van der Waals surface area contributed by atoms with Gasteiger partial charge in [-0.1, -0.05) is 54.6 Å². The fraction of sp³-hybridized carbons (Fsp3) is 0.0588. The molecule has 3 nitrogen and oxygen atoms in total. The van der Waals surface area contributed by atoms with E-state index in [2.05, 4.69) is 46.4 Å². The zero-order chi connectivity index (χ0) is 13.8. The summed E-state index contributed by atoms with van der Waals surface area (Å²) < 4.78 is 0. The highest BCUT2D eigenvalue weighted by molar-refractivity contribution is 5.69. The minimum absolute atomic E-state index is 0.392. The van der Waals surface area contributed by atoms with Crippen LogP contribution < -0.4 is 5.73 Å². The largest absolute Gasteiger partial charge is 0.325 e. The number of nitrogens with zero attached hydrogens (tertiary/aromatic N) is 2. The van der Waals surface area contributed by atoms with E-state index in [1.807, 2.05) is 18.2 Å². The molecule has 0 aliphatic rings. The predicted molar refractivity (Wildman–Crippen MR) is 80.8 cm³/mol. The van der Waals surface area contributed by atoms with Crippen molar-refractivity contribution in [3.63, 3.8) is 0 Å². The fourth-order valence-corrected chi connectivity index (χ4v) is 2.21. The lowest BCUT2D eigenvalue weighted by molar-refractivity contribution is 0.969. The highest BCUT2D eigenvalue weighted by Crippen LogP contribution is 2.24. The summed E-state index contributed by atoms with van der Waals surface area (Å²) in [6.07, 6.45) is 3.36. The molecule has 0 bridgehead atoms. The first-order valence-corrected chi connectivity index (χ1v) is 6.54. The molecule has 1 aromatic heterocycles. The van der Waals surface area contributed by atoms with Crippen molar-refractivity contribution in [2.45, 2.75) is 6.54 Å². The molecule has 2 N–H and O–H groups in total. The minimum atomic E-state index is 0.392. The van der Waals surface area contributed by atoms with Crippen molar-refractivity contribution >= 4 is 0 Å². The third-order valence-corrected chi connectivity index (χ3v) is 3.23. The van der Waals surface area contributed by atoms with Crippen LogP contribution in [-0.4, -0.2) is 9.97 Å². The maximum Gasteiger partial charge on any atom is 0.0930 e. The molecule has 0 fully saturated rings. The SMILES string of the molecule is NCc1nccnc1-c1ccc(-c2ccccc2)cc1. The molecule has 0 saturated heterocycles. The van der Waals surface area contributed by atoms with Crippen molar-refractivity contribution in [2.75, 3.05) is 0 Å². The Kier molecular flexibility index (Phi) is 3.52. The van der Waals surface area contributed by atoms with Gasteiger partial charge < -0.3 is 5.73 Å². The van der Waals surface area contributed by atoms with Gasteiger partial charge in [0.05, 0.1) is 11.4 Å². The molecule has 0 saturated carbocycles. The second-order valence-corrected chi connectivity index (χ2v) is 4.50. The van der Waals surface area contributed by atoms with Crippen molar-refractivity contribution < 1.29 is 0 Å². The minimum Gasteiger partial charge on any atom is -0.325 e. The summed E-state index contributed by atoms with van der Waals surface area (Å²) in [6, 6.07) is 18.6. The highest BCUT2D eigenvalue weighted by atomic mass is 14.8. The molecule has 0 aliphatic carbocycles. The summed E-state index contributed by atoms with van der Waals surface area (Å²) in [4.78, 5) is 8.65. The summed E-state index contributed by atoms with van der Waals surface area (Å²) in [6.45, 7) is 0.392. The van der Waals surface area contributed by atoms with Crippen molar-refractivity contribution in [1.82, 2.24) is 9.97 Å². The lowest BCUT2D eigenvalue weighted by atomic mass is 10.0. The lowest BCUT2D eigenvalue weighted by Crippen LogP contribution is -2.03. The van der Waals surface area contributed by atoms with E-state index in [0.717, 1.165) is 17.0 Å². The van der Waals surface area contributed by atoms with Gasteiger partial charge in [0.15, 0.2) is 0 Å². The van der Waals surface area contributed by atoms with Crippen molar-refractivity contribution in [2.24, 2.45) is 5.73 Å². The molecule has 0 radical (unpaired) electrons. The lowest BCUT2D eigenvalue weighted by Gasteiger charge is -2.07. The molecule has 3 heteroatoms. The monoisotopic (exact) mass is 261 g/mol. The first-order chi connectivity index (χ1) is 9.88. The smallest absolute Gasteiger partial charge is 0.0930 e. The van der Waals surface area contributed by atoms with Gasteiger partial charge in [-0.3, -0.25) is 9.97 Å². The van der Waals surface area contributed by atoms with Crippen LogP contribution in [0.1, 0.15) is 5.69 Å². The van der Waals surface area contributed by atoms with Crippen LogP contribution in [0.15, 0.2) is 67.0 Å². The second kappa shape index (κ2) is 5.63. The van der Waals surface area contributed by atoms with Crippen LogP contribution in [0.5, 0.6) is 0 Å². The fourth-order valence-electron chi connectivity index (χ4n) is 2.21. The van der Waals surface area contributed by atoms with Crippen LogP contribution in [0, 0.1) is 0 Å². The average molecular weight is 261 g/mol. The van der Waals surface area contributed by atoms with E-state index in [9.17, 15) is 0 Å². The molecule has 0 amide bonds. The van der Waals surface area contributed by atoms with Crippen LogP contribution in [0.4, 0.5) is 0 Å². The Labute approximate surface area is 118 Å². The van der Waals surface area contributed by atoms with E-state index in [4.69, 9.17) is 5.73 Å². The molecule has 0 atom stereocenters.